The van der Waals surface area contributed by atoms with E-state index in [1.807, 2.05) is 18.2 Å². The smallest absolute Gasteiger partial charge is 0.311 e. The zero-order valence-electron chi connectivity index (χ0n) is 9.47. The normalized spacial score (nSPS) is 23.5. The first-order valence-electron chi connectivity index (χ1n) is 5.55. The fourth-order valence-electron chi connectivity index (χ4n) is 2.27. The van der Waals surface area contributed by atoms with Crippen molar-refractivity contribution in [1.82, 2.24) is 0 Å². The molecule has 1 aliphatic carbocycles. The minimum atomic E-state index is -0.852. The van der Waals surface area contributed by atoms with Crippen LogP contribution in [0, 0.1) is 0 Å². The first-order valence-corrected chi connectivity index (χ1v) is 5.55. The highest BCUT2D eigenvalue weighted by atomic mass is 16.4. The highest BCUT2D eigenvalue weighted by molar-refractivity contribution is 5.78. The third kappa shape index (κ3) is 1.71. The number of aliphatic hydroxyl groups excluding tert-OH is 1. The number of benzene rings is 1. The van der Waals surface area contributed by atoms with Crippen LogP contribution in [0.5, 0.6) is 0 Å². The summed E-state index contributed by atoms with van der Waals surface area (Å²) >= 11 is 0. The summed E-state index contributed by atoms with van der Waals surface area (Å²) in [6, 6.07) is 5.74. The van der Waals surface area contributed by atoms with Gasteiger partial charge in [-0.15, -0.1) is 0 Å². The zero-order valence-corrected chi connectivity index (χ0v) is 9.47. The van der Waals surface area contributed by atoms with Crippen molar-refractivity contribution in [2.45, 2.75) is 38.2 Å². The van der Waals surface area contributed by atoms with Crippen molar-refractivity contribution in [2.24, 2.45) is 0 Å². The van der Waals surface area contributed by atoms with Gasteiger partial charge in [0.2, 0.25) is 0 Å². The lowest BCUT2D eigenvalue weighted by atomic mass is 9.96. The third-order valence-corrected chi connectivity index (χ3v) is 3.27. The van der Waals surface area contributed by atoms with Crippen LogP contribution in [0.2, 0.25) is 0 Å². The molecule has 0 bridgehead atoms. The van der Waals surface area contributed by atoms with Gasteiger partial charge >= 0.3 is 5.97 Å². The molecule has 0 saturated heterocycles. The van der Waals surface area contributed by atoms with Crippen LogP contribution in [-0.4, -0.2) is 16.2 Å². The maximum Gasteiger partial charge on any atom is 0.311 e. The summed E-state index contributed by atoms with van der Waals surface area (Å²) in [6.45, 7) is 4.16. The molecule has 2 unspecified atom stereocenters. The van der Waals surface area contributed by atoms with Crippen LogP contribution in [-0.2, 0) is 4.79 Å². The van der Waals surface area contributed by atoms with Gasteiger partial charge in [0.15, 0.2) is 0 Å². The molecule has 1 aromatic carbocycles. The minimum absolute atomic E-state index is 0.298. The van der Waals surface area contributed by atoms with E-state index in [9.17, 15) is 9.90 Å². The predicted octanol–water partition coefficient (Wildman–Crippen LogP) is 2.42. The first-order chi connectivity index (χ1) is 7.50. The van der Waals surface area contributed by atoms with Gasteiger partial charge in [0.25, 0.3) is 0 Å². The highest BCUT2D eigenvalue weighted by Gasteiger charge is 2.34. The number of hydrogen-bond donors (Lipinski definition) is 2. The topological polar surface area (TPSA) is 57.5 Å². The van der Waals surface area contributed by atoms with E-state index in [1.54, 1.807) is 0 Å². The van der Waals surface area contributed by atoms with Gasteiger partial charge in [-0.2, -0.15) is 0 Å². The Kier molecular flexibility index (Phi) is 2.72. The molecule has 1 aromatic rings. The van der Waals surface area contributed by atoms with Crippen molar-refractivity contribution in [1.29, 1.82) is 0 Å². The number of fused-ring (bicyclic) bond motifs is 1. The lowest BCUT2D eigenvalue weighted by molar-refractivity contribution is -0.139. The molecule has 16 heavy (non-hydrogen) atoms. The van der Waals surface area contributed by atoms with E-state index in [0.29, 0.717) is 12.3 Å². The van der Waals surface area contributed by atoms with Gasteiger partial charge in [-0.3, -0.25) is 4.79 Å². The number of carbonyl (C=O) groups is 1. The van der Waals surface area contributed by atoms with Crippen LogP contribution in [0.4, 0.5) is 0 Å². The maximum absolute atomic E-state index is 11.0. The van der Waals surface area contributed by atoms with E-state index in [4.69, 9.17) is 5.11 Å². The van der Waals surface area contributed by atoms with E-state index in [1.165, 1.54) is 0 Å². The Labute approximate surface area is 94.7 Å². The Bertz CT molecular complexity index is 423. The van der Waals surface area contributed by atoms with Gasteiger partial charge in [-0.05, 0) is 29.0 Å². The molecule has 0 saturated carbocycles. The van der Waals surface area contributed by atoms with Crippen LogP contribution in [0.15, 0.2) is 18.2 Å². The summed E-state index contributed by atoms with van der Waals surface area (Å²) in [5.41, 5.74) is 2.70. The largest absolute Gasteiger partial charge is 0.481 e. The molecule has 86 valence electrons. The van der Waals surface area contributed by atoms with E-state index in [-0.39, 0.29) is 0 Å². The number of hydrogen-bond acceptors (Lipinski definition) is 2. The molecule has 2 atom stereocenters. The molecule has 0 heterocycles. The summed E-state index contributed by atoms with van der Waals surface area (Å²) < 4.78 is 0. The van der Waals surface area contributed by atoms with Gasteiger partial charge in [0, 0.05) is 0 Å². The van der Waals surface area contributed by atoms with E-state index < -0.39 is 18.0 Å². The molecule has 0 amide bonds. The van der Waals surface area contributed by atoms with Crippen molar-refractivity contribution < 1.29 is 15.0 Å². The lowest BCUT2D eigenvalue weighted by Gasteiger charge is -2.10. The van der Waals surface area contributed by atoms with Gasteiger partial charge in [0.05, 0.1) is 12.0 Å². The number of carboxylic acid groups (broad SMARTS) is 1. The van der Waals surface area contributed by atoms with E-state index in [0.717, 1.165) is 16.7 Å². The van der Waals surface area contributed by atoms with Crippen LogP contribution in [0.3, 0.4) is 0 Å². The van der Waals surface area contributed by atoms with Crippen molar-refractivity contribution in [3.8, 4) is 0 Å². The zero-order chi connectivity index (χ0) is 11.9. The second-order valence-corrected chi connectivity index (χ2v) is 4.69. The quantitative estimate of drug-likeness (QED) is 0.804. The van der Waals surface area contributed by atoms with Crippen molar-refractivity contribution in [3.05, 3.63) is 34.9 Å². The van der Waals surface area contributed by atoms with Gasteiger partial charge in [0.1, 0.15) is 0 Å². The lowest BCUT2D eigenvalue weighted by Crippen LogP contribution is -2.08. The number of aliphatic carboxylic acids is 1. The van der Waals surface area contributed by atoms with Crippen molar-refractivity contribution >= 4 is 5.97 Å². The fraction of sp³-hybridized carbons (Fsp3) is 0.462. The molecule has 3 nitrogen and oxygen atoms in total. The Hall–Kier alpha value is -1.35. The number of rotatable bonds is 2. The van der Waals surface area contributed by atoms with Crippen LogP contribution >= 0.6 is 0 Å². The molecule has 0 radical (unpaired) electrons. The Morgan fingerprint density at radius 1 is 1.38 bits per heavy atom. The third-order valence-electron chi connectivity index (χ3n) is 3.27. The molecule has 2 rings (SSSR count). The summed E-state index contributed by atoms with van der Waals surface area (Å²) in [7, 11) is 0. The minimum Gasteiger partial charge on any atom is -0.481 e. The number of carboxylic acids is 1. The number of aliphatic hydroxyl groups is 1. The average Bonchev–Trinajstić information content (AvgIpc) is 2.56. The SMILES string of the molecule is CC(C)c1ccc2c(c1)C(O)CC2C(=O)O. The maximum atomic E-state index is 11.0. The molecule has 0 aliphatic heterocycles. The molecule has 0 fully saturated rings. The second kappa shape index (κ2) is 3.91. The molecular weight excluding hydrogens is 204 g/mol. The standard InChI is InChI=1S/C13H16O3/c1-7(2)8-3-4-9-10(5-8)12(14)6-11(9)13(15)16/h3-5,7,11-12,14H,6H2,1-2H3,(H,15,16). The molecule has 3 heteroatoms. The van der Waals surface area contributed by atoms with Crippen LogP contribution in [0.1, 0.15) is 54.9 Å². The molecule has 0 spiro atoms. The van der Waals surface area contributed by atoms with Crippen LogP contribution in [0.25, 0.3) is 0 Å². The second-order valence-electron chi connectivity index (χ2n) is 4.69. The monoisotopic (exact) mass is 220 g/mol. The summed E-state index contributed by atoms with van der Waals surface area (Å²) in [5, 5.41) is 18.9. The predicted molar refractivity (Wildman–Crippen MR) is 60.5 cm³/mol. The average molecular weight is 220 g/mol. The Balaban J connectivity index is 2.45. The first kappa shape index (κ1) is 11.1. The van der Waals surface area contributed by atoms with E-state index >= 15 is 0 Å². The Morgan fingerprint density at radius 2 is 2.06 bits per heavy atom. The van der Waals surface area contributed by atoms with Gasteiger partial charge < -0.3 is 10.2 Å². The molecular formula is C13H16O3. The Morgan fingerprint density at radius 3 is 2.62 bits per heavy atom. The summed E-state index contributed by atoms with van der Waals surface area (Å²) in [6.07, 6.45) is -0.332. The fourth-order valence-corrected chi connectivity index (χ4v) is 2.27. The van der Waals surface area contributed by atoms with Crippen molar-refractivity contribution in [2.75, 3.05) is 0 Å². The van der Waals surface area contributed by atoms with Crippen molar-refractivity contribution in [3.63, 3.8) is 0 Å². The highest BCUT2D eigenvalue weighted by Crippen LogP contribution is 2.41. The summed E-state index contributed by atoms with van der Waals surface area (Å²) in [5.74, 6) is -1.01. The molecule has 1 aliphatic rings. The van der Waals surface area contributed by atoms with E-state index in [2.05, 4.69) is 13.8 Å². The summed E-state index contributed by atoms with van der Waals surface area (Å²) in [4.78, 5) is 11.0. The van der Waals surface area contributed by atoms with Gasteiger partial charge in [-0.1, -0.05) is 32.0 Å². The van der Waals surface area contributed by atoms with Crippen LogP contribution < -0.4 is 0 Å². The molecule has 0 aromatic heterocycles. The molecule has 2 N–H and O–H groups in total. The van der Waals surface area contributed by atoms with Gasteiger partial charge in [-0.25, -0.2) is 0 Å².